The molecule has 17 heavy (non-hydrogen) atoms. The monoisotopic (exact) mass is 234 g/mol. The van der Waals surface area contributed by atoms with E-state index in [0.717, 1.165) is 36.8 Å². The van der Waals surface area contributed by atoms with Crippen LogP contribution in [0.1, 0.15) is 36.8 Å². The quantitative estimate of drug-likeness (QED) is 0.839. The average molecular weight is 234 g/mol. The van der Waals surface area contributed by atoms with Gasteiger partial charge in [-0.15, -0.1) is 0 Å². The molecular weight excluding hydrogens is 216 g/mol. The SMILES string of the molecule is O=C(O)C1(c2ccc(CCO)cc2)CCCC1. The van der Waals surface area contributed by atoms with Crippen molar-refractivity contribution in [2.24, 2.45) is 0 Å². The molecule has 0 bridgehead atoms. The fourth-order valence-electron chi connectivity index (χ4n) is 2.72. The minimum atomic E-state index is -0.704. The van der Waals surface area contributed by atoms with Gasteiger partial charge in [0.15, 0.2) is 0 Å². The maximum Gasteiger partial charge on any atom is 0.314 e. The summed E-state index contributed by atoms with van der Waals surface area (Å²) in [4.78, 5) is 11.5. The fourth-order valence-corrected chi connectivity index (χ4v) is 2.72. The van der Waals surface area contributed by atoms with Crippen LogP contribution in [-0.2, 0) is 16.6 Å². The smallest absolute Gasteiger partial charge is 0.314 e. The van der Waals surface area contributed by atoms with Crippen LogP contribution in [-0.4, -0.2) is 22.8 Å². The first-order valence-corrected chi connectivity index (χ1v) is 6.13. The van der Waals surface area contributed by atoms with Crippen LogP contribution in [0.25, 0.3) is 0 Å². The largest absolute Gasteiger partial charge is 0.481 e. The Balaban J connectivity index is 2.28. The molecule has 0 saturated heterocycles. The van der Waals surface area contributed by atoms with E-state index in [1.54, 1.807) is 0 Å². The summed E-state index contributed by atoms with van der Waals surface area (Å²) in [5.41, 5.74) is 1.29. The summed E-state index contributed by atoms with van der Waals surface area (Å²) in [6, 6.07) is 7.66. The molecule has 1 aromatic carbocycles. The predicted octanol–water partition coefficient (Wildman–Crippen LogP) is 2.12. The maximum absolute atomic E-state index is 11.5. The zero-order valence-corrected chi connectivity index (χ0v) is 9.85. The number of carboxylic acids is 1. The molecule has 0 atom stereocenters. The van der Waals surface area contributed by atoms with E-state index >= 15 is 0 Å². The second-order valence-corrected chi connectivity index (χ2v) is 4.76. The highest BCUT2D eigenvalue weighted by molar-refractivity contribution is 5.81. The lowest BCUT2D eigenvalue weighted by Gasteiger charge is -2.24. The van der Waals surface area contributed by atoms with Crippen molar-refractivity contribution >= 4 is 5.97 Å². The molecule has 2 rings (SSSR count). The van der Waals surface area contributed by atoms with Gasteiger partial charge in [0, 0.05) is 6.61 Å². The Morgan fingerprint density at radius 1 is 1.18 bits per heavy atom. The number of carboxylic acid groups (broad SMARTS) is 1. The molecular formula is C14H18O3. The van der Waals surface area contributed by atoms with Crippen molar-refractivity contribution in [1.82, 2.24) is 0 Å². The zero-order valence-electron chi connectivity index (χ0n) is 9.85. The third kappa shape index (κ3) is 2.20. The van der Waals surface area contributed by atoms with Crippen LogP contribution in [0.3, 0.4) is 0 Å². The first-order valence-electron chi connectivity index (χ1n) is 6.13. The van der Waals surface area contributed by atoms with Crippen molar-refractivity contribution in [3.05, 3.63) is 35.4 Å². The van der Waals surface area contributed by atoms with Crippen LogP contribution >= 0.6 is 0 Å². The predicted molar refractivity (Wildman–Crippen MR) is 65.0 cm³/mol. The number of aliphatic carboxylic acids is 1. The van der Waals surface area contributed by atoms with Crippen molar-refractivity contribution in [2.75, 3.05) is 6.61 Å². The summed E-state index contributed by atoms with van der Waals surface area (Å²) < 4.78 is 0. The molecule has 92 valence electrons. The summed E-state index contributed by atoms with van der Waals surface area (Å²) in [7, 11) is 0. The van der Waals surface area contributed by atoms with Gasteiger partial charge < -0.3 is 10.2 Å². The van der Waals surface area contributed by atoms with Gasteiger partial charge in [0.25, 0.3) is 0 Å². The summed E-state index contributed by atoms with van der Waals surface area (Å²) in [6.07, 6.45) is 4.08. The minimum absolute atomic E-state index is 0.128. The molecule has 0 radical (unpaired) electrons. The molecule has 0 aliphatic heterocycles. The molecule has 1 saturated carbocycles. The standard InChI is InChI=1S/C14H18O3/c15-10-7-11-3-5-12(6-4-11)14(13(16)17)8-1-2-9-14/h3-6,15H,1-2,7-10H2,(H,16,17). The van der Waals surface area contributed by atoms with E-state index in [-0.39, 0.29) is 6.61 Å². The molecule has 1 aromatic rings. The lowest BCUT2D eigenvalue weighted by Crippen LogP contribution is -2.32. The third-order valence-electron chi connectivity index (χ3n) is 3.77. The molecule has 1 aliphatic rings. The van der Waals surface area contributed by atoms with Crippen molar-refractivity contribution in [2.45, 2.75) is 37.5 Å². The molecule has 1 fully saturated rings. The Hall–Kier alpha value is -1.35. The van der Waals surface area contributed by atoms with Crippen molar-refractivity contribution in [1.29, 1.82) is 0 Å². The highest BCUT2D eigenvalue weighted by Crippen LogP contribution is 2.41. The van der Waals surface area contributed by atoms with Gasteiger partial charge in [0.2, 0.25) is 0 Å². The molecule has 0 heterocycles. The van der Waals surface area contributed by atoms with Gasteiger partial charge >= 0.3 is 5.97 Å². The van der Waals surface area contributed by atoms with Crippen LogP contribution in [0.4, 0.5) is 0 Å². The highest BCUT2D eigenvalue weighted by atomic mass is 16.4. The Bertz CT molecular complexity index is 388. The lowest BCUT2D eigenvalue weighted by molar-refractivity contribution is -0.143. The molecule has 0 spiro atoms. The molecule has 0 amide bonds. The van der Waals surface area contributed by atoms with E-state index in [0.29, 0.717) is 6.42 Å². The van der Waals surface area contributed by atoms with Gasteiger partial charge in [-0.3, -0.25) is 4.79 Å². The van der Waals surface area contributed by atoms with E-state index in [1.165, 1.54) is 0 Å². The molecule has 3 heteroatoms. The average Bonchev–Trinajstić information content (AvgIpc) is 2.81. The van der Waals surface area contributed by atoms with Gasteiger partial charge in [0.1, 0.15) is 0 Å². The minimum Gasteiger partial charge on any atom is -0.481 e. The number of hydrogen-bond donors (Lipinski definition) is 2. The van der Waals surface area contributed by atoms with Gasteiger partial charge in [-0.25, -0.2) is 0 Å². The topological polar surface area (TPSA) is 57.5 Å². The summed E-state index contributed by atoms with van der Waals surface area (Å²) >= 11 is 0. The summed E-state index contributed by atoms with van der Waals surface area (Å²) in [5, 5.41) is 18.3. The second kappa shape index (κ2) is 4.88. The van der Waals surface area contributed by atoms with Gasteiger partial charge in [-0.1, -0.05) is 37.1 Å². The van der Waals surface area contributed by atoms with Crippen molar-refractivity contribution < 1.29 is 15.0 Å². The van der Waals surface area contributed by atoms with Gasteiger partial charge in [-0.2, -0.15) is 0 Å². The van der Waals surface area contributed by atoms with Crippen molar-refractivity contribution in [3.8, 4) is 0 Å². The van der Waals surface area contributed by atoms with Crippen LogP contribution in [0.2, 0.25) is 0 Å². The normalized spacial score (nSPS) is 18.2. The van der Waals surface area contributed by atoms with Crippen LogP contribution < -0.4 is 0 Å². The molecule has 3 nitrogen and oxygen atoms in total. The Kier molecular flexibility index (Phi) is 3.48. The number of carbonyl (C=O) groups is 1. The maximum atomic E-state index is 11.5. The first-order chi connectivity index (χ1) is 8.19. The van der Waals surface area contributed by atoms with E-state index in [1.807, 2.05) is 24.3 Å². The molecule has 0 unspecified atom stereocenters. The van der Waals surface area contributed by atoms with E-state index in [2.05, 4.69) is 0 Å². The molecule has 2 N–H and O–H groups in total. The van der Waals surface area contributed by atoms with E-state index < -0.39 is 11.4 Å². The molecule has 1 aliphatic carbocycles. The number of aliphatic hydroxyl groups is 1. The summed E-state index contributed by atoms with van der Waals surface area (Å²) in [6.45, 7) is 0.128. The Morgan fingerprint density at radius 3 is 2.24 bits per heavy atom. The number of rotatable bonds is 4. The van der Waals surface area contributed by atoms with E-state index in [9.17, 15) is 9.90 Å². The highest BCUT2D eigenvalue weighted by Gasteiger charge is 2.42. The summed E-state index contributed by atoms with van der Waals surface area (Å²) in [5.74, 6) is -0.704. The van der Waals surface area contributed by atoms with Gasteiger partial charge in [0.05, 0.1) is 5.41 Å². The second-order valence-electron chi connectivity index (χ2n) is 4.76. The first kappa shape index (κ1) is 12.1. The van der Waals surface area contributed by atoms with Crippen LogP contribution in [0, 0.1) is 0 Å². The van der Waals surface area contributed by atoms with Gasteiger partial charge in [-0.05, 0) is 30.4 Å². The number of benzene rings is 1. The van der Waals surface area contributed by atoms with Crippen LogP contribution in [0.5, 0.6) is 0 Å². The number of aliphatic hydroxyl groups excluding tert-OH is 1. The van der Waals surface area contributed by atoms with Crippen molar-refractivity contribution in [3.63, 3.8) is 0 Å². The Morgan fingerprint density at radius 2 is 1.76 bits per heavy atom. The van der Waals surface area contributed by atoms with Crippen LogP contribution in [0.15, 0.2) is 24.3 Å². The fraction of sp³-hybridized carbons (Fsp3) is 0.500. The number of hydrogen-bond acceptors (Lipinski definition) is 2. The Labute approximate surface area is 101 Å². The zero-order chi connectivity index (χ0) is 12.3. The third-order valence-corrected chi connectivity index (χ3v) is 3.77. The molecule has 0 aromatic heterocycles. The lowest BCUT2D eigenvalue weighted by atomic mass is 9.79. The van der Waals surface area contributed by atoms with E-state index in [4.69, 9.17) is 5.11 Å².